The summed E-state index contributed by atoms with van der Waals surface area (Å²) in [6.07, 6.45) is 8.04. The molecule has 154 valence electrons. The molecule has 1 atom stereocenters. The Bertz CT molecular complexity index is 349. The van der Waals surface area contributed by atoms with E-state index in [0.29, 0.717) is 19.6 Å². The first-order valence-corrected chi connectivity index (χ1v) is 10.3. The third-order valence-corrected chi connectivity index (χ3v) is 3.95. The van der Waals surface area contributed by atoms with Crippen LogP contribution in [0.3, 0.4) is 0 Å². The van der Waals surface area contributed by atoms with Crippen molar-refractivity contribution in [2.75, 3.05) is 33.0 Å². The number of carbonyl (C=O) groups is 2. The summed E-state index contributed by atoms with van der Waals surface area (Å²) in [5, 5.41) is 3.32. The predicted molar refractivity (Wildman–Crippen MR) is 103 cm³/mol. The molecule has 0 aromatic heterocycles. The maximum Gasteiger partial charge on any atom is 0.323 e. The van der Waals surface area contributed by atoms with Gasteiger partial charge in [-0.05, 0) is 52.5 Å². The Hall–Kier alpha value is -1.14. The number of hydrogen-bond donors (Lipinski definition) is 1. The van der Waals surface area contributed by atoms with Gasteiger partial charge in [0.1, 0.15) is 6.04 Å². The van der Waals surface area contributed by atoms with E-state index in [9.17, 15) is 9.59 Å². The van der Waals surface area contributed by atoms with Crippen LogP contribution in [0.5, 0.6) is 0 Å². The number of carbonyl (C=O) groups excluding carboxylic acids is 2. The minimum atomic E-state index is -0.239. The Labute approximate surface area is 159 Å². The monoisotopic (exact) mass is 373 g/mol. The largest absolute Gasteiger partial charge is 0.466 e. The van der Waals surface area contributed by atoms with Gasteiger partial charge in [0.25, 0.3) is 0 Å². The highest BCUT2D eigenvalue weighted by atomic mass is 16.5. The van der Waals surface area contributed by atoms with E-state index in [1.165, 1.54) is 0 Å². The van der Waals surface area contributed by atoms with Gasteiger partial charge >= 0.3 is 11.9 Å². The highest BCUT2D eigenvalue weighted by Crippen LogP contribution is 2.09. The second-order valence-electron chi connectivity index (χ2n) is 6.34. The van der Waals surface area contributed by atoms with Crippen molar-refractivity contribution in [3.05, 3.63) is 0 Å². The molecule has 0 spiro atoms. The van der Waals surface area contributed by atoms with Gasteiger partial charge in [0.15, 0.2) is 0 Å². The van der Waals surface area contributed by atoms with Gasteiger partial charge in [-0.15, -0.1) is 0 Å². The van der Waals surface area contributed by atoms with E-state index in [1.807, 2.05) is 13.8 Å². The second-order valence-corrected chi connectivity index (χ2v) is 6.34. The minimum absolute atomic E-state index is 0.124. The van der Waals surface area contributed by atoms with E-state index in [0.717, 1.165) is 71.1 Å². The molecule has 1 unspecified atom stereocenters. The molecule has 0 saturated carbocycles. The molecule has 0 aliphatic carbocycles. The molecule has 0 amide bonds. The molecule has 0 rings (SSSR count). The fraction of sp³-hybridized carbons (Fsp3) is 0.900. The molecule has 0 aliphatic rings. The first-order valence-electron chi connectivity index (χ1n) is 10.3. The molecule has 0 aromatic rings. The molecule has 1 N–H and O–H groups in total. The van der Waals surface area contributed by atoms with Gasteiger partial charge in [0, 0.05) is 19.6 Å². The smallest absolute Gasteiger partial charge is 0.323 e. The van der Waals surface area contributed by atoms with E-state index in [4.69, 9.17) is 14.2 Å². The van der Waals surface area contributed by atoms with Crippen LogP contribution in [-0.2, 0) is 23.8 Å². The van der Waals surface area contributed by atoms with E-state index < -0.39 is 0 Å². The molecule has 0 heterocycles. The van der Waals surface area contributed by atoms with Crippen LogP contribution in [0.2, 0.25) is 0 Å². The summed E-state index contributed by atoms with van der Waals surface area (Å²) in [6.45, 7) is 8.98. The summed E-state index contributed by atoms with van der Waals surface area (Å²) >= 11 is 0. The maximum absolute atomic E-state index is 12.1. The number of hydrogen-bond acceptors (Lipinski definition) is 6. The maximum atomic E-state index is 12.1. The number of nitrogens with one attached hydrogen (secondary N) is 1. The van der Waals surface area contributed by atoms with Gasteiger partial charge in [-0.2, -0.15) is 0 Å². The SMILES string of the molecule is CCCOCCCCNC(CCCCCCC(=O)OCC)C(=O)OCC. The molecular weight excluding hydrogens is 334 g/mol. The fourth-order valence-electron chi connectivity index (χ4n) is 2.60. The van der Waals surface area contributed by atoms with E-state index >= 15 is 0 Å². The zero-order chi connectivity index (χ0) is 19.5. The van der Waals surface area contributed by atoms with E-state index in [1.54, 1.807) is 0 Å². The lowest BCUT2D eigenvalue weighted by atomic mass is 10.1. The zero-order valence-electron chi connectivity index (χ0n) is 17.0. The predicted octanol–water partition coefficient (Wildman–Crippen LogP) is 3.62. The summed E-state index contributed by atoms with van der Waals surface area (Å²) in [5.74, 6) is -0.289. The molecule has 0 fully saturated rings. The van der Waals surface area contributed by atoms with Crippen molar-refractivity contribution in [1.29, 1.82) is 0 Å². The van der Waals surface area contributed by atoms with Gasteiger partial charge in [-0.1, -0.05) is 26.2 Å². The summed E-state index contributed by atoms with van der Waals surface area (Å²) in [6, 6.07) is -0.239. The van der Waals surface area contributed by atoms with Crippen LogP contribution >= 0.6 is 0 Å². The number of esters is 2. The van der Waals surface area contributed by atoms with Crippen LogP contribution in [0.1, 0.15) is 78.6 Å². The Morgan fingerprint density at radius 3 is 2.27 bits per heavy atom. The summed E-state index contributed by atoms with van der Waals surface area (Å²) < 4.78 is 15.5. The number of unbranched alkanes of at least 4 members (excludes halogenated alkanes) is 4. The first kappa shape index (κ1) is 24.9. The van der Waals surface area contributed by atoms with Crippen LogP contribution in [0, 0.1) is 0 Å². The normalized spacial score (nSPS) is 12.0. The molecule has 26 heavy (non-hydrogen) atoms. The lowest BCUT2D eigenvalue weighted by Crippen LogP contribution is -2.38. The van der Waals surface area contributed by atoms with Gasteiger partial charge in [0.2, 0.25) is 0 Å². The second kappa shape index (κ2) is 18.6. The Morgan fingerprint density at radius 2 is 1.58 bits per heavy atom. The zero-order valence-corrected chi connectivity index (χ0v) is 17.0. The molecular formula is C20H39NO5. The molecule has 6 heteroatoms. The number of ether oxygens (including phenoxy) is 3. The Kier molecular flexibility index (Phi) is 17.8. The van der Waals surface area contributed by atoms with Crippen molar-refractivity contribution >= 4 is 11.9 Å². The van der Waals surface area contributed by atoms with Crippen molar-refractivity contribution in [3.63, 3.8) is 0 Å². The van der Waals surface area contributed by atoms with Gasteiger partial charge < -0.3 is 19.5 Å². The van der Waals surface area contributed by atoms with Crippen molar-refractivity contribution < 1.29 is 23.8 Å². The first-order chi connectivity index (χ1) is 12.7. The fourth-order valence-corrected chi connectivity index (χ4v) is 2.60. The summed E-state index contributed by atoms with van der Waals surface area (Å²) in [7, 11) is 0. The van der Waals surface area contributed by atoms with Crippen LogP contribution in [0.4, 0.5) is 0 Å². The highest BCUT2D eigenvalue weighted by molar-refractivity contribution is 5.75. The Morgan fingerprint density at radius 1 is 0.846 bits per heavy atom. The topological polar surface area (TPSA) is 73.9 Å². The van der Waals surface area contributed by atoms with E-state index in [2.05, 4.69) is 12.2 Å². The molecule has 0 bridgehead atoms. The number of rotatable bonds is 18. The molecule has 0 aromatic carbocycles. The minimum Gasteiger partial charge on any atom is -0.466 e. The third kappa shape index (κ3) is 15.1. The third-order valence-electron chi connectivity index (χ3n) is 3.95. The van der Waals surface area contributed by atoms with Crippen molar-refractivity contribution in [3.8, 4) is 0 Å². The van der Waals surface area contributed by atoms with Gasteiger partial charge in [-0.3, -0.25) is 9.59 Å². The van der Waals surface area contributed by atoms with Crippen molar-refractivity contribution in [1.82, 2.24) is 5.32 Å². The van der Waals surface area contributed by atoms with Crippen molar-refractivity contribution in [2.24, 2.45) is 0 Å². The van der Waals surface area contributed by atoms with E-state index in [-0.39, 0.29) is 18.0 Å². The lowest BCUT2D eigenvalue weighted by Gasteiger charge is -2.17. The van der Waals surface area contributed by atoms with Crippen LogP contribution in [-0.4, -0.2) is 51.0 Å². The highest BCUT2D eigenvalue weighted by Gasteiger charge is 2.18. The van der Waals surface area contributed by atoms with Crippen LogP contribution < -0.4 is 5.32 Å². The molecule has 0 aliphatic heterocycles. The lowest BCUT2D eigenvalue weighted by molar-refractivity contribution is -0.146. The molecule has 6 nitrogen and oxygen atoms in total. The quantitative estimate of drug-likeness (QED) is 0.292. The standard InChI is InChI=1S/C20H39NO5/c1-4-16-24-17-12-11-15-21-18(20(23)26-6-3)13-9-7-8-10-14-19(22)25-5-2/h18,21H,4-17H2,1-3H3. The van der Waals surface area contributed by atoms with Crippen LogP contribution in [0.15, 0.2) is 0 Å². The van der Waals surface area contributed by atoms with Crippen LogP contribution in [0.25, 0.3) is 0 Å². The molecule has 0 saturated heterocycles. The van der Waals surface area contributed by atoms with Gasteiger partial charge in [0.05, 0.1) is 13.2 Å². The Balaban J connectivity index is 3.86. The average Bonchev–Trinajstić information content (AvgIpc) is 2.62. The van der Waals surface area contributed by atoms with Gasteiger partial charge in [-0.25, -0.2) is 0 Å². The average molecular weight is 374 g/mol. The molecule has 0 radical (unpaired) electrons. The summed E-state index contributed by atoms with van der Waals surface area (Å²) in [4.78, 5) is 23.3. The van der Waals surface area contributed by atoms with Crippen molar-refractivity contribution in [2.45, 2.75) is 84.6 Å². The summed E-state index contributed by atoms with van der Waals surface area (Å²) in [5.41, 5.74) is 0.